The Labute approximate surface area is 101 Å². The zero-order valence-corrected chi connectivity index (χ0v) is 9.97. The van der Waals surface area contributed by atoms with Crippen molar-refractivity contribution < 1.29 is 14.6 Å². The smallest absolute Gasteiger partial charge is 0.328 e. The molecule has 5 heteroatoms. The van der Waals surface area contributed by atoms with Crippen LogP contribution in [0.5, 0.6) is 0 Å². The third-order valence-electron chi connectivity index (χ3n) is 3.36. The molecule has 2 aliphatic rings. The molecular formula is C12H20N2O3. The summed E-state index contributed by atoms with van der Waals surface area (Å²) >= 11 is 0. The Balaban J connectivity index is 1.62. The molecule has 5 nitrogen and oxygen atoms in total. The van der Waals surface area contributed by atoms with Crippen molar-refractivity contribution in [3.05, 3.63) is 12.2 Å². The van der Waals surface area contributed by atoms with E-state index in [1.165, 1.54) is 19.4 Å². The summed E-state index contributed by atoms with van der Waals surface area (Å²) in [6.07, 6.45) is 5.56. The van der Waals surface area contributed by atoms with E-state index in [2.05, 4.69) is 10.2 Å². The van der Waals surface area contributed by atoms with Gasteiger partial charge in [0.05, 0.1) is 12.7 Å². The molecule has 2 rings (SSSR count). The highest BCUT2D eigenvalue weighted by atomic mass is 16.5. The molecule has 0 spiro atoms. The fourth-order valence-corrected chi connectivity index (χ4v) is 2.50. The van der Waals surface area contributed by atoms with Gasteiger partial charge in [0.1, 0.15) is 0 Å². The van der Waals surface area contributed by atoms with Crippen molar-refractivity contribution in [3.63, 3.8) is 0 Å². The molecule has 0 bridgehead atoms. The van der Waals surface area contributed by atoms with E-state index in [1.807, 2.05) is 0 Å². The summed E-state index contributed by atoms with van der Waals surface area (Å²) in [5.74, 6) is -0.902. The number of hydrogen-bond donors (Lipinski definition) is 2. The summed E-state index contributed by atoms with van der Waals surface area (Å²) < 4.78 is 5.77. The van der Waals surface area contributed by atoms with Gasteiger partial charge in [0.15, 0.2) is 0 Å². The molecule has 0 aromatic heterocycles. The Morgan fingerprint density at radius 1 is 1.59 bits per heavy atom. The van der Waals surface area contributed by atoms with Crippen molar-refractivity contribution in [2.75, 3.05) is 32.8 Å². The first-order valence-corrected chi connectivity index (χ1v) is 6.21. The molecule has 2 saturated heterocycles. The van der Waals surface area contributed by atoms with Gasteiger partial charge in [0.2, 0.25) is 0 Å². The van der Waals surface area contributed by atoms with Gasteiger partial charge in [0.25, 0.3) is 0 Å². The molecular weight excluding hydrogens is 220 g/mol. The van der Waals surface area contributed by atoms with Crippen LogP contribution in [0.15, 0.2) is 12.2 Å². The Bertz CT molecular complexity index is 293. The number of carboxylic acids is 1. The molecule has 2 unspecified atom stereocenters. The highest BCUT2D eigenvalue weighted by Gasteiger charge is 2.31. The van der Waals surface area contributed by atoms with Crippen LogP contribution < -0.4 is 5.32 Å². The van der Waals surface area contributed by atoms with Crippen LogP contribution in [0.25, 0.3) is 0 Å². The van der Waals surface area contributed by atoms with E-state index in [0.29, 0.717) is 12.6 Å². The molecule has 0 aromatic rings. The minimum Gasteiger partial charge on any atom is -0.478 e. The largest absolute Gasteiger partial charge is 0.478 e. The minimum absolute atomic E-state index is 0.238. The predicted octanol–water partition coefficient (Wildman–Crippen LogP) is 0.0800. The maximum absolute atomic E-state index is 10.2. The lowest BCUT2D eigenvalue weighted by atomic mass is 10.2. The molecule has 2 atom stereocenters. The molecule has 0 aromatic carbocycles. The molecule has 2 heterocycles. The van der Waals surface area contributed by atoms with Gasteiger partial charge in [-0.2, -0.15) is 0 Å². The lowest BCUT2D eigenvalue weighted by molar-refractivity contribution is -0.131. The number of morpholine rings is 1. The molecule has 0 aliphatic carbocycles. The number of nitrogens with one attached hydrogen (secondary N) is 1. The van der Waals surface area contributed by atoms with E-state index >= 15 is 0 Å². The van der Waals surface area contributed by atoms with Crippen LogP contribution in [0.4, 0.5) is 0 Å². The Morgan fingerprint density at radius 2 is 2.47 bits per heavy atom. The fraction of sp³-hybridized carbons (Fsp3) is 0.750. The highest BCUT2D eigenvalue weighted by molar-refractivity contribution is 5.79. The van der Waals surface area contributed by atoms with Crippen LogP contribution in [0.2, 0.25) is 0 Å². The standard InChI is InChI=1S/C12H20N2O3/c15-12(16)4-1-5-13-7-11-8-14-6-2-3-10(14)9-17-11/h1,4,10-11,13H,2-3,5-9H2,(H,15,16)/b4-1+. The summed E-state index contributed by atoms with van der Waals surface area (Å²) in [7, 11) is 0. The number of aliphatic carboxylic acids is 1. The summed E-state index contributed by atoms with van der Waals surface area (Å²) in [6, 6.07) is 0.637. The van der Waals surface area contributed by atoms with Gasteiger partial charge >= 0.3 is 5.97 Å². The molecule has 2 aliphatic heterocycles. The summed E-state index contributed by atoms with van der Waals surface area (Å²) in [6.45, 7) is 4.41. The number of rotatable bonds is 5. The fourth-order valence-electron chi connectivity index (χ4n) is 2.50. The maximum Gasteiger partial charge on any atom is 0.328 e. The second-order valence-electron chi connectivity index (χ2n) is 4.65. The molecule has 0 amide bonds. The minimum atomic E-state index is -0.902. The van der Waals surface area contributed by atoms with Gasteiger partial charge in [-0.15, -0.1) is 0 Å². The van der Waals surface area contributed by atoms with Gasteiger partial charge in [-0.3, -0.25) is 4.90 Å². The number of carbonyl (C=O) groups is 1. The van der Waals surface area contributed by atoms with E-state index in [9.17, 15) is 4.79 Å². The predicted molar refractivity (Wildman–Crippen MR) is 64.0 cm³/mol. The molecule has 0 saturated carbocycles. The average Bonchev–Trinajstić information content (AvgIpc) is 2.75. The molecule has 2 fully saturated rings. The summed E-state index contributed by atoms with van der Waals surface area (Å²) in [4.78, 5) is 12.7. The van der Waals surface area contributed by atoms with Gasteiger partial charge in [-0.05, 0) is 19.4 Å². The second kappa shape index (κ2) is 6.14. The zero-order valence-electron chi connectivity index (χ0n) is 9.97. The van der Waals surface area contributed by atoms with Gasteiger partial charge in [-0.25, -0.2) is 4.79 Å². The first-order valence-electron chi connectivity index (χ1n) is 6.21. The van der Waals surface area contributed by atoms with E-state index in [0.717, 1.165) is 25.8 Å². The van der Waals surface area contributed by atoms with E-state index in [4.69, 9.17) is 9.84 Å². The maximum atomic E-state index is 10.2. The normalized spacial score (nSPS) is 29.6. The highest BCUT2D eigenvalue weighted by Crippen LogP contribution is 2.22. The molecule has 2 N–H and O–H groups in total. The van der Waals surface area contributed by atoms with Crippen LogP contribution in [0.3, 0.4) is 0 Å². The second-order valence-corrected chi connectivity index (χ2v) is 4.65. The average molecular weight is 240 g/mol. The molecule has 96 valence electrons. The van der Waals surface area contributed by atoms with Crippen LogP contribution in [0, 0.1) is 0 Å². The summed E-state index contributed by atoms with van der Waals surface area (Å²) in [5.41, 5.74) is 0. The van der Waals surface area contributed by atoms with Crippen molar-refractivity contribution in [1.82, 2.24) is 10.2 Å². The van der Waals surface area contributed by atoms with Crippen molar-refractivity contribution in [3.8, 4) is 0 Å². The number of carboxylic acid groups (broad SMARTS) is 1. The number of hydrogen-bond acceptors (Lipinski definition) is 4. The first-order chi connectivity index (χ1) is 8.25. The van der Waals surface area contributed by atoms with E-state index < -0.39 is 5.97 Å². The quantitative estimate of drug-likeness (QED) is 0.526. The number of nitrogens with zero attached hydrogens (tertiary/aromatic N) is 1. The number of ether oxygens (including phenoxy) is 1. The van der Waals surface area contributed by atoms with Crippen molar-refractivity contribution >= 4 is 5.97 Å². The Morgan fingerprint density at radius 3 is 3.29 bits per heavy atom. The van der Waals surface area contributed by atoms with Crippen LogP contribution in [-0.4, -0.2) is 60.9 Å². The van der Waals surface area contributed by atoms with Crippen LogP contribution in [-0.2, 0) is 9.53 Å². The van der Waals surface area contributed by atoms with Gasteiger partial charge in [-0.1, -0.05) is 6.08 Å². The molecule has 17 heavy (non-hydrogen) atoms. The number of fused-ring (bicyclic) bond motifs is 1. The third kappa shape index (κ3) is 3.80. The molecule has 0 radical (unpaired) electrons. The van der Waals surface area contributed by atoms with Gasteiger partial charge < -0.3 is 15.2 Å². The van der Waals surface area contributed by atoms with Gasteiger partial charge in [0, 0.05) is 31.8 Å². The Kier molecular flexibility index (Phi) is 4.53. The van der Waals surface area contributed by atoms with E-state index in [1.54, 1.807) is 6.08 Å². The summed E-state index contributed by atoms with van der Waals surface area (Å²) in [5, 5.41) is 11.6. The van der Waals surface area contributed by atoms with Crippen LogP contribution >= 0.6 is 0 Å². The van der Waals surface area contributed by atoms with Crippen molar-refractivity contribution in [2.24, 2.45) is 0 Å². The third-order valence-corrected chi connectivity index (χ3v) is 3.36. The zero-order chi connectivity index (χ0) is 12.1. The monoisotopic (exact) mass is 240 g/mol. The van der Waals surface area contributed by atoms with Crippen molar-refractivity contribution in [1.29, 1.82) is 0 Å². The lowest BCUT2D eigenvalue weighted by Gasteiger charge is -2.35. The topological polar surface area (TPSA) is 61.8 Å². The Hall–Kier alpha value is -0.910. The van der Waals surface area contributed by atoms with Crippen LogP contribution in [0.1, 0.15) is 12.8 Å². The first kappa shape index (κ1) is 12.5. The van der Waals surface area contributed by atoms with E-state index in [-0.39, 0.29) is 6.10 Å². The SMILES string of the molecule is O=C(O)/C=C/CNCC1CN2CCCC2CO1. The van der Waals surface area contributed by atoms with Crippen molar-refractivity contribution in [2.45, 2.75) is 25.0 Å². The lowest BCUT2D eigenvalue weighted by Crippen LogP contribution is -2.49.